The minimum Gasteiger partial charge on any atom is -0.453 e. The van der Waals surface area contributed by atoms with Gasteiger partial charge in [-0.2, -0.15) is 0 Å². The molecule has 0 bridgehead atoms. The molecular weight excluding hydrogens is 318 g/mol. The Hall–Kier alpha value is -3.09. The molecule has 5 nitrogen and oxygen atoms in total. The topological polar surface area (TPSA) is 60.7 Å². The van der Waals surface area contributed by atoms with Gasteiger partial charge >= 0.3 is 5.97 Å². The molecule has 2 heterocycles. The second kappa shape index (κ2) is 6.19. The third kappa shape index (κ3) is 3.15. The number of carbonyl (C=O) groups is 2. The molecule has 0 spiro atoms. The summed E-state index contributed by atoms with van der Waals surface area (Å²) < 4.78 is 33.1. The average Bonchev–Trinajstić information content (AvgIpc) is 2.97. The van der Waals surface area contributed by atoms with Crippen LogP contribution in [0.2, 0.25) is 0 Å². The highest BCUT2D eigenvalue weighted by atomic mass is 19.1. The van der Waals surface area contributed by atoms with E-state index in [4.69, 9.17) is 4.74 Å². The summed E-state index contributed by atoms with van der Waals surface area (Å²) in [5, 5.41) is 0. The zero-order valence-corrected chi connectivity index (χ0v) is 12.6. The van der Waals surface area contributed by atoms with Crippen molar-refractivity contribution in [3.63, 3.8) is 0 Å². The van der Waals surface area contributed by atoms with Gasteiger partial charge < -0.3 is 9.14 Å². The molecular formula is C17H12F2N2O3. The summed E-state index contributed by atoms with van der Waals surface area (Å²) in [7, 11) is 0. The summed E-state index contributed by atoms with van der Waals surface area (Å²) in [6.07, 6.45) is 3.20. The van der Waals surface area contributed by atoms with Crippen LogP contribution in [0.1, 0.15) is 26.4 Å². The Labute approximate surface area is 135 Å². The number of Topliss-reactive ketones (excluding diaryl/α,β-unsaturated/α-hetero) is 1. The fourth-order valence-electron chi connectivity index (χ4n) is 2.18. The highest BCUT2D eigenvalue weighted by Crippen LogP contribution is 2.12. The molecule has 0 saturated heterocycles. The SMILES string of the molecule is Cc1ccn2cc(C(=O)OCC(=O)c3cc(F)ccc3F)nc2c1. The smallest absolute Gasteiger partial charge is 0.359 e. The van der Waals surface area contributed by atoms with Gasteiger partial charge in [0.1, 0.15) is 17.3 Å². The van der Waals surface area contributed by atoms with Gasteiger partial charge in [0, 0.05) is 12.4 Å². The zero-order chi connectivity index (χ0) is 17.3. The molecule has 0 N–H and O–H groups in total. The monoisotopic (exact) mass is 330 g/mol. The van der Waals surface area contributed by atoms with Gasteiger partial charge in [-0.1, -0.05) is 0 Å². The first kappa shape index (κ1) is 15.8. The van der Waals surface area contributed by atoms with Crippen molar-refractivity contribution in [3.05, 3.63) is 71.2 Å². The van der Waals surface area contributed by atoms with E-state index in [1.165, 1.54) is 6.20 Å². The van der Waals surface area contributed by atoms with Gasteiger partial charge in [-0.05, 0) is 42.8 Å². The highest BCUT2D eigenvalue weighted by Gasteiger charge is 2.17. The highest BCUT2D eigenvalue weighted by molar-refractivity contribution is 5.99. The third-order valence-electron chi connectivity index (χ3n) is 3.39. The standard InChI is InChI=1S/C17H12F2N2O3/c1-10-4-5-21-8-14(20-16(21)6-10)17(23)24-9-15(22)12-7-11(18)2-3-13(12)19/h2-8H,9H2,1H3. The lowest BCUT2D eigenvalue weighted by Crippen LogP contribution is -2.15. The molecule has 122 valence electrons. The number of aromatic nitrogens is 2. The number of rotatable bonds is 4. The first-order valence-electron chi connectivity index (χ1n) is 7.05. The number of imidazole rings is 1. The van der Waals surface area contributed by atoms with Crippen molar-refractivity contribution in [3.8, 4) is 0 Å². The van der Waals surface area contributed by atoms with E-state index in [1.807, 2.05) is 13.0 Å². The van der Waals surface area contributed by atoms with Crippen LogP contribution in [0, 0.1) is 18.6 Å². The van der Waals surface area contributed by atoms with Gasteiger partial charge in [0.15, 0.2) is 12.3 Å². The molecule has 0 aliphatic rings. The van der Waals surface area contributed by atoms with E-state index in [0.717, 1.165) is 23.8 Å². The number of benzene rings is 1. The number of hydrogen-bond acceptors (Lipinski definition) is 4. The number of aryl methyl sites for hydroxylation is 1. The Balaban J connectivity index is 1.72. The number of halogens is 2. The van der Waals surface area contributed by atoms with E-state index >= 15 is 0 Å². The van der Waals surface area contributed by atoms with Gasteiger partial charge in [-0.15, -0.1) is 0 Å². The molecule has 3 aromatic rings. The van der Waals surface area contributed by atoms with Gasteiger partial charge in [0.25, 0.3) is 0 Å². The van der Waals surface area contributed by atoms with Crippen molar-refractivity contribution in [2.45, 2.75) is 6.92 Å². The lowest BCUT2D eigenvalue weighted by Gasteiger charge is -2.04. The van der Waals surface area contributed by atoms with E-state index in [0.29, 0.717) is 5.65 Å². The van der Waals surface area contributed by atoms with E-state index < -0.39 is 35.6 Å². The number of hydrogen-bond donors (Lipinski definition) is 0. The lowest BCUT2D eigenvalue weighted by molar-refractivity contribution is 0.0468. The number of fused-ring (bicyclic) bond motifs is 1. The molecule has 1 aromatic carbocycles. The summed E-state index contributed by atoms with van der Waals surface area (Å²) in [6.45, 7) is 1.19. The molecule has 0 atom stereocenters. The van der Waals surface area contributed by atoms with Crippen LogP contribution in [0.4, 0.5) is 8.78 Å². The number of ketones is 1. The van der Waals surface area contributed by atoms with Gasteiger partial charge in [-0.25, -0.2) is 18.6 Å². The van der Waals surface area contributed by atoms with Crippen LogP contribution >= 0.6 is 0 Å². The minimum atomic E-state index is -0.874. The zero-order valence-electron chi connectivity index (χ0n) is 12.6. The van der Waals surface area contributed by atoms with E-state index in [2.05, 4.69) is 4.98 Å². The molecule has 0 aliphatic carbocycles. The number of esters is 1. The quantitative estimate of drug-likeness (QED) is 0.545. The number of nitrogens with zero attached hydrogens (tertiary/aromatic N) is 2. The summed E-state index contributed by atoms with van der Waals surface area (Å²) in [5.41, 5.74) is 1.09. The largest absolute Gasteiger partial charge is 0.453 e. The number of ether oxygens (including phenoxy) is 1. The molecule has 24 heavy (non-hydrogen) atoms. The molecule has 7 heteroatoms. The van der Waals surface area contributed by atoms with Crippen LogP contribution in [0.15, 0.2) is 42.7 Å². The maximum atomic E-state index is 13.5. The van der Waals surface area contributed by atoms with Crippen LogP contribution in [-0.4, -0.2) is 27.7 Å². The van der Waals surface area contributed by atoms with Crippen molar-refractivity contribution in [1.82, 2.24) is 9.38 Å². The van der Waals surface area contributed by atoms with Gasteiger partial charge in [-0.3, -0.25) is 4.79 Å². The molecule has 0 saturated carbocycles. The Morgan fingerprint density at radius 1 is 1.21 bits per heavy atom. The summed E-state index contributed by atoms with van der Waals surface area (Å²) in [4.78, 5) is 27.9. The number of carbonyl (C=O) groups excluding carboxylic acids is 2. The number of pyridine rings is 1. The van der Waals surface area contributed by atoms with Gasteiger partial charge in [0.05, 0.1) is 5.56 Å². The molecule has 0 unspecified atom stereocenters. The average molecular weight is 330 g/mol. The van der Waals surface area contributed by atoms with Crippen molar-refractivity contribution >= 4 is 17.4 Å². The van der Waals surface area contributed by atoms with E-state index in [9.17, 15) is 18.4 Å². The molecule has 0 amide bonds. The first-order chi connectivity index (χ1) is 11.4. The normalized spacial score (nSPS) is 10.8. The predicted octanol–water partition coefficient (Wildman–Crippen LogP) is 2.96. The minimum absolute atomic E-state index is 0.0214. The molecule has 2 aromatic heterocycles. The Morgan fingerprint density at radius 3 is 2.79 bits per heavy atom. The van der Waals surface area contributed by atoms with Crippen LogP contribution in [0.5, 0.6) is 0 Å². The Kier molecular flexibility index (Phi) is 4.07. The Bertz CT molecular complexity index is 950. The third-order valence-corrected chi connectivity index (χ3v) is 3.39. The first-order valence-corrected chi connectivity index (χ1v) is 7.05. The maximum Gasteiger partial charge on any atom is 0.359 e. The van der Waals surface area contributed by atoms with Crippen LogP contribution in [0.3, 0.4) is 0 Å². The van der Waals surface area contributed by atoms with Crippen molar-refractivity contribution < 1.29 is 23.1 Å². The molecule has 0 aliphatic heterocycles. The van der Waals surface area contributed by atoms with Gasteiger partial charge in [0.2, 0.25) is 5.78 Å². The molecule has 0 fully saturated rings. The summed E-state index contributed by atoms with van der Waals surface area (Å²) in [5.74, 6) is -3.27. The fraction of sp³-hybridized carbons (Fsp3) is 0.118. The maximum absolute atomic E-state index is 13.5. The van der Waals surface area contributed by atoms with E-state index in [1.54, 1.807) is 16.7 Å². The van der Waals surface area contributed by atoms with Crippen LogP contribution in [-0.2, 0) is 4.74 Å². The fourth-order valence-corrected chi connectivity index (χ4v) is 2.18. The van der Waals surface area contributed by atoms with Crippen molar-refractivity contribution in [2.24, 2.45) is 0 Å². The van der Waals surface area contributed by atoms with Crippen molar-refractivity contribution in [2.75, 3.05) is 6.61 Å². The van der Waals surface area contributed by atoms with E-state index in [-0.39, 0.29) is 5.69 Å². The Morgan fingerprint density at radius 2 is 2.00 bits per heavy atom. The molecule has 3 rings (SSSR count). The predicted molar refractivity (Wildman–Crippen MR) is 80.9 cm³/mol. The molecule has 0 radical (unpaired) electrons. The second-order valence-electron chi connectivity index (χ2n) is 5.22. The summed E-state index contributed by atoms with van der Waals surface area (Å²) >= 11 is 0. The van der Waals surface area contributed by atoms with Crippen molar-refractivity contribution in [1.29, 1.82) is 0 Å². The lowest BCUT2D eigenvalue weighted by atomic mass is 10.1. The summed E-state index contributed by atoms with van der Waals surface area (Å²) in [6, 6.07) is 6.13. The second-order valence-corrected chi connectivity index (χ2v) is 5.22. The van der Waals surface area contributed by atoms with Crippen LogP contribution < -0.4 is 0 Å². The van der Waals surface area contributed by atoms with Crippen LogP contribution in [0.25, 0.3) is 5.65 Å².